The molecule has 0 saturated carbocycles. The minimum absolute atomic E-state index is 0.0327. The molecule has 1 N–H and O–H groups in total. The Bertz CT molecular complexity index is 1140. The Hall–Kier alpha value is -2.49. The summed E-state index contributed by atoms with van der Waals surface area (Å²) in [5.74, 6) is -0.0667. The van der Waals surface area contributed by atoms with Crippen molar-refractivity contribution < 1.29 is 22.7 Å². The molecule has 2 aromatic rings. The fourth-order valence-corrected chi connectivity index (χ4v) is 4.93. The largest absolute Gasteiger partial charge is 0.497 e. The molecule has 2 rings (SSSR count). The second-order valence-corrected chi connectivity index (χ2v) is 10.7. The van der Waals surface area contributed by atoms with Crippen molar-refractivity contribution in [3.63, 3.8) is 0 Å². The average Bonchev–Trinajstić information content (AvgIpc) is 2.80. The Balaban J connectivity index is 2.20. The summed E-state index contributed by atoms with van der Waals surface area (Å²) in [7, 11) is -2.10. The first kappa shape index (κ1) is 28.7. The second kappa shape index (κ2) is 13.0. The number of anilines is 1. The van der Waals surface area contributed by atoms with Crippen molar-refractivity contribution in [3.05, 3.63) is 58.1 Å². The van der Waals surface area contributed by atoms with Gasteiger partial charge in [-0.05, 0) is 50.1 Å². The zero-order chi connectivity index (χ0) is 26.2. The smallest absolute Gasteiger partial charge is 0.242 e. The molecule has 0 heterocycles. The number of amides is 2. The zero-order valence-corrected chi connectivity index (χ0v) is 22.6. The number of nitrogens with one attached hydrogen (secondary N) is 1. The molecule has 11 heteroatoms. The lowest BCUT2D eigenvalue weighted by Crippen LogP contribution is -2.47. The van der Waals surface area contributed by atoms with Gasteiger partial charge in [0, 0.05) is 42.2 Å². The molecule has 0 aromatic heterocycles. The number of ether oxygens (including phenoxy) is 1. The molecule has 2 amide bonds. The van der Waals surface area contributed by atoms with Crippen molar-refractivity contribution in [2.45, 2.75) is 39.3 Å². The van der Waals surface area contributed by atoms with E-state index in [0.29, 0.717) is 33.6 Å². The number of nitrogens with zero attached hydrogens (tertiary/aromatic N) is 2. The van der Waals surface area contributed by atoms with Gasteiger partial charge in [-0.3, -0.25) is 13.9 Å². The van der Waals surface area contributed by atoms with E-state index in [1.807, 2.05) is 0 Å². The van der Waals surface area contributed by atoms with Crippen molar-refractivity contribution in [1.82, 2.24) is 10.2 Å². The molecular formula is C24H31Cl2N3O5S. The van der Waals surface area contributed by atoms with E-state index in [2.05, 4.69) is 5.32 Å². The Kier molecular flexibility index (Phi) is 10.7. The Morgan fingerprint density at radius 3 is 2.46 bits per heavy atom. The van der Waals surface area contributed by atoms with Gasteiger partial charge >= 0.3 is 0 Å². The van der Waals surface area contributed by atoms with Gasteiger partial charge in [-0.25, -0.2) is 8.42 Å². The highest BCUT2D eigenvalue weighted by atomic mass is 35.5. The van der Waals surface area contributed by atoms with Crippen molar-refractivity contribution >= 4 is 50.7 Å². The number of methoxy groups -OCH3 is 1. The van der Waals surface area contributed by atoms with E-state index in [1.165, 1.54) is 16.3 Å². The van der Waals surface area contributed by atoms with Crippen LogP contribution in [-0.4, -0.2) is 57.6 Å². The number of likely N-dealkylation sites (N-methyl/N-ethyl adjacent to an activating group) is 1. The van der Waals surface area contributed by atoms with Gasteiger partial charge in [0.25, 0.3) is 0 Å². The summed E-state index contributed by atoms with van der Waals surface area (Å²) in [6, 6.07) is 10.9. The molecule has 0 aliphatic carbocycles. The lowest BCUT2D eigenvalue weighted by atomic mass is 10.1. The second-order valence-electron chi connectivity index (χ2n) is 7.97. The number of rotatable bonds is 12. The predicted molar refractivity (Wildman–Crippen MR) is 140 cm³/mol. The van der Waals surface area contributed by atoms with Crippen LogP contribution in [0.4, 0.5) is 5.69 Å². The van der Waals surface area contributed by atoms with Crippen LogP contribution >= 0.6 is 23.2 Å². The highest BCUT2D eigenvalue weighted by Gasteiger charge is 2.27. The highest BCUT2D eigenvalue weighted by Crippen LogP contribution is 2.25. The van der Waals surface area contributed by atoms with Crippen LogP contribution in [0, 0.1) is 0 Å². The summed E-state index contributed by atoms with van der Waals surface area (Å²) in [4.78, 5) is 27.2. The Labute approximate surface area is 217 Å². The number of carbonyl (C=O) groups excluding carboxylic acids is 2. The molecule has 8 nitrogen and oxygen atoms in total. The first-order chi connectivity index (χ1) is 16.5. The minimum atomic E-state index is -3.60. The number of sulfonamides is 1. The third-order valence-electron chi connectivity index (χ3n) is 5.37. The van der Waals surface area contributed by atoms with Crippen LogP contribution < -0.4 is 14.4 Å². The van der Waals surface area contributed by atoms with Gasteiger partial charge in [0.15, 0.2) is 0 Å². The monoisotopic (exact) mass is 543 g/mol. The minimum Gasteiger partial charge on any atom is -0.497 e. The molecular weight excluding hydrogens is 513 g/mol. The molecule has 0 aliphatic rings. The fourth-order valence-electron chi connectivity index (χ4n) is 3.51. The van der Waals surface area contributed by atoms with Crippen LogP contribution in [0.25, 0.3) is 0 Å². The van der Waals surface area contributed by atoms with E-state index >= 15 is 0 Å². The van der Waals surface area contributed by atoms with Crippen LogP contribution in [0.2, 0.25) is 10.0 Å². The van der Waals surface area contributed by atoms with E-state index in [9.17, 15) is 18.0 Å². The zero-order valence-electron chi connectivity index (χ0n) is 20.3. The van der Waals surface area contributed by atoms with Crippen LogP contribution in [0.5, 0.6) is 5.75 Å². The molecule has 0 bridgehead atoms. The first-order valence-corrected chi connectivity index (χ1v) is 13.7. The molecule has 0 fully saturated rings. The van der Waals surface area contributed by atoms with E-state index in [1.54, 1.807) is 56.3 Å². The van der Waals surface area contributed by atoms with Crippen molar-refractivity contribution in [3.8, 4) is 5.75 Å². The fraction of sp³-hybridized carbons (Fsp3) is 0.417. The van der Waals surface area contributed by atoms with Crippen molar-refractivity contribution in [1.29, 1.82) is 0 Å². The Morgan fingerprint density at radius 1 is 1.14 bits per heavy atom. The maximum Gasteiger partial charge on any atom is 0.242 e. The standard InChI is InChI=1S/C24H31Cl2N3O5S/c1-5-27-24(31)17(2)28(16-18-11-12-19(25)14-22(18)26)23(30)10-7-13-29(35(4,32)33)20-8-6-9-21(15-20)34-3/h6,8-9,11-12,14-15,17H,5,7,10,13,16H2,1-4H3,(H,27,31)/t17-/m1/s1. The van der Waals surface area contributed by atoms with Gasteiger partial charge in [0.05, 0.1) is 19.1 Å². The summed E-state index contributed by atoms with van der Waals surface area (Å²) in [6.45, 7) is 4.06. The third kappa shape index (κ3) is 8.30. The Morgan fingerprint density at radius 2 is 1.86 bits per heavy atom. The molecule has 192 valence electrons. The van der Waals surface area contributed by atoms with Crippen LogP contribution in [-0.2, 0) is 26.2 Å². The van der Waals surface area contributed by atoms with E-state index in [0.717, 1.165) is 6.26 Å². The average molecular weight is 545 g/mol. The SMILES string of the molecule is CCNC(=O)[C@@H](C)N(Cc1ccc(Cl)cc1Cl)C(=O)CCCN(c1cccc(OC)c1)S(C)(=O)=O. The number of benzene rings is 2. The number of halogens is 2. The summed E-state index contributed by atoms with van der Waals surface area (Å²) in [6.07, 6.45) is 1.39. The lowest BCUT2D eigenvalue weighted by molar-refractivity contribution is -0.140. The van der Waals surface area contributed by atoms with E-state index in [-0.39, 0.29) is 37.7 Å². The van der Waals surface area contributed by atoms with Gasteiger partial charge < -0.3 is 15.0 Å². The van der Waals surface area contributed by atoms with Gasteiger partial charge in [-0.15, -0.1) is 0 Å². The van der Waals surface area contributed by atoms with Crippen molar-refractivity contribution in [2.75, 3.05) is 30.8 Å². The maximum atomic E-state index is 13.2. The molecule has 0 saturated heterocycles. The maximum absolute atomic E-state index is 13.2. The van der Waals surface area contributed by atoms with Crippen molar-refractivity contribution in [2.24, 2.45) is 0 Å². The predicted octanol–water partition coefficient (Wildman–Crippen LogP) is 4.10. The molecule has 0 aliphatic heterocycles. The van der Waals surface area contributed by atoms with Crippen LogP contribution in [0.15, 0.2) is 42.5 Å². The number of hydrogen-bond donors (Lipinski definition) is 1. The quantitative estimate of drug-likeness (QED) is 0.434. The first-order valence-electron chi connectivity index (χ1n) is 11.1. The number of carbonyl (C=O) groups is 2. The van der Waals surface area contributed by atoms with Gasteiger partial charge in [-0.2, -0.15) is 0 Å². The normalized spacial score (nSPS) is 12.1. The van der Waals surface area contributed by atoms with Gasteiger partial charge in [-0.1, -0.05) is 35.3 Å². The van der Waals surface area contributed by atoms with Gasteiger partial charge in [0.2, 0.25) is 21.8 Å². The van der Waals surface area contributed by atoms with E-state index < -0.39 is 16.1 Å². The lowest BCUT2D eigenvalue weighted by Gasteiger charge is -2.29. The molecule has 0 spiro atoms. The van der Waals surface area contributed by atoms with Gasteiger partial charge in [0.1, 0.15) is 11.8 Å². The summed E-state index contributed by atoms with van der Waals surface area (Å²) in [5.41, 5.74) is 1.09. The topological polar surface area (TPSA) is 96.0 Å². The molecule has 2 aromatic carbocycles. The molecule has 1 atom stereocenters. The van der Waals surface area contributed by atoms with Crippen LogP contribution in [0.3, 0.4) is 0 Å². The molecule has 35 heavy (non-hydrogen) atoms. The third-order valence-corrected chi connectivity index (χ3v) is 7.15. The highest BCUT2D eigenvalue weighted by molar-refractivity contribution is 7.92. The van der Waals surface area contributed by atoms with E-state index in [4.69, 9.17) is 27.9 Å². The number of hydrogen-bond acceptors (Lipinski definition) is 5. The summed E-state index contributed by atoms with van der Waals surface area (Å²) >= 11 is 12.3. The summed E-state index contributed by atoms with van der Waals surface area (Å²) in [5, 5.41) is 3.58. The molecule has 0 unspecified atom stereocenters. The molecule has 0 radical (unpaired) electrons. The van der Waals surface area contributed by atoms with Crippen LogP contribution in [0.1, 0.15) is 32.3 Å². The summed E-state index contributed by atoms with van der Waals surface area (Å²) < 4.78 is 31.3.